The molecule has 0 aliphatic carbocycles. The molecule has 1 atom stereocenters. The Kier molecular flexibility index (Phi) is 5.91. The molecule has 0 bridgehead atoms. The minimum Gasteiger partial charge on any atom is -0.481 e. The Balaban J connectivity index is 2.24. The minimum absolute atomic E-state index is 0.0433. The molecule has 0 saturated heterocycles. The number of carboxylic acid groups (broad SMARTS) is 1. The molecule has 0 aromatic heterocycles. The van der Waals surface area contributed by atoms with Crippen molar-refractivity contribution in [2.75, 3.05) is 6.54 Å². The Labute approximate surface area is 107 Å². The van der Waals surface area contributed by atoms with Crippen LogP contribution in [0.2, 0.25) is 0 Å². The Hall–Kier alpha value is -1.84. The van der Waals surface area contributed by atoms with Gasteiger partial charge < -0.3 is 10.4 Å². The predicted octanol–water partition coefficient (Wildman–Crippen LogP) is 2.16. The van der Waals surface area contributed by atoms with Gasteiger partial charge in [-0.3, -0.25) is 9.59 Å². The summed E-state index contributed by atoms with van der Waals surface area (Å²) in [7, 11) is 0. The molecule has 0 spiro atoms. The van der Waals surface area contributed by atoms with Crippen molar-refractivity contribution in [3.05, 3.63) is 35.9 Å². The van der Waals surface area contributed by atoms with Crippen LogP contribution in [0.15, 0.2) is 30.3 Å². The van der Waals surface area contributed by atoms with Crippen LogP contribution in [0, 0.1) is 0 Å². The van der Waals surface area contributed by atoms with Crippen LogP contribution < -0.4 is 5.32 Å². The summed E-state index contributed by atoms with van der Waals surface area (Å²) >= 11 is 0. The van der Waals surface area contributed by atoms with Crippen molar-refractivity contribution in [3.63, 3.8) is 0 Å². The molecule has 0 aliphatic heterocycles. The maximum absolute atomic E-state index is 11.5. The normalized spacial score (nSPS) is 11.8. The molecule has 0 radical (unpaired) electrons. The average molecular weight is 249 g/mol. The summed E-state index contributed by atoms with van der Waals surface area (Å²) in [5.74, 6) is -0.686. The Morgan fingerprint density at radius 2 is 1.89 bits per heavy atom. The van der Waals surface area contributed by atoms with Gasteiger partial charge in [-0.25, -0.2) is 0 Å². The van der Waals surface area contributed by atoms with E-state index in [1.54, 1.807) is 0 Å². The SMILES string of the molecule is C[C@@H](CNC(=O)CCCC(=O)O)c1ccccc1. The van der Waals surface area contributed by atoms with Gasteiger partial charge in [0.1, 0.15) is 0 Å². The number of aliphatic carboxylic acids is 1. The zero-order valence-corrected chi connectivity index (χ0v) is 10.6. The number of hydrogen-bond donors (Lipinski definition) is 2. The van der Waals surface area contributed by atoms with E-state index in [0.717, 1.165) is 0 Å². The average Bonchev–Trinajstić information content (AvgIpc) is 2.36. The van der Waals surface area contributed by atoms with Crippen molar-refractivity contribution < 1.29 is 14.7 Å². The van der Waals surface area contributed by atoms with Gasteiger partial charge in [0.25, 0.3) is 0 Å². The Morgan fingerprint density at radius 3 is 2.50 bits per heavy atom. The fourth-order valence-electron chi connectivity index (χ4n) is 1.65. The molecule has 0 unspecified atom stereocenters. The molecular formula is C14H19NO3. The molecule has 1 aromatic rings. The highest BCUT2D eigenvalue weighted by Crippen LogP contribution is 2.13. The molecule has 4 heteroatoms. The second kappa shape index (κ2) is 7.48. The highest BCUT2D eigenvalue weighted by Gasteiger charge is 2.07. The van der Waals surface area contributed by atoms with E-state index >= 15 is 0 Å². The van der Waals surface area contributed by atoms with Gasteiger partial charge in [0, 0.05) is 19.4 Å². The monoisotopic (exact) mass is 249 g/mol. The molecule has 1 amide bonds. The molecule has 0 heterocycles. The van der Waals surface area contributed by atoms with Crippen molar-refractivity contribution in [1.29, 1.82) is 0 Å². The fourth-order valence-corrected chi connectivity index (χ4v) is 1.65. The number of carbonyl (C=O) groups excluding carboxylic acids is 1. The molecule has 4 nitrogen and oxygen atoms in total. The topological polar surface area (TPSA) is 66.4 Å². The first-order valence-electron chi connectivity index (χ1n) is 6.13. The first-order chi connectivity index (χ1) is 8.59. The van der Waals surface area contributed by atoms with Crippen LogP contribution in [0.4, 0.5) is 0 Å². The maximum Gasteiger partial charge on any atom is 0.303 e. The van der Waals surface area contributed by atoms with E-state index in [-0.39, 0.29) is 24.7 Å². The first-order valence-corrected chi connectivity index (χ1v) is 6.13. The van der Waals surface area contributed by atoms with Gasteiger partial charge in [-0.1, -0.05) is 37.3 Å². The second-order valence-electron chi connectivity index (χ2n) is 4.36. The van der Waals surface area contributed by atoms with E-state index in [9.17, 15) is 9.59 Å². The van der Waals surface area contributed by atoms with Crippen molar-refractivity contribution >= 4 is 11.9 Å². The zero-order chi connectivity index (χ0) is 13.4. The lowest BCUT2D eigenvalue weighted by Gasteiger charge is -2.12. The molecule has 2 N–H and O–H groups in total. The van der Waals surface area contributed by atoms with Crippen LogP contribution in [0.5, 0.6) is 0 Å². The molecule has 98 valence electrons. The van der Waals surface area contributed by atoms with Crippen LogP contribution in [0.25, 0.3) is 0 Å². The molecule has 0 saturated carbocycles. The van der Waals surface area contributed by atoms with Crippen LogP contribution >= 0.6 is 0 Å². The van der Waals surface area contributed by atoms with Crippen LogP contribution in [-0.4, -0.2) is 23.5 Å². The highest BCUT2D eigenvalue weighted by molar-refractivity contribution is 5.76. The summed E-state index contributed by atoms with van der Waals surface area (Å²) < 4.78 is 0. The summed E-state index contributed by atoms with van der Waals surface area (Å²) in [6.45, 7) is 2.63. The van der Waals surface area contributed by atoms with E-state index in [2.05, 4.69) is 5.32 Å². The lowest BCUT2D eigenvalue weighted by atomic mass is 10.0. The highest BCUT2D eigenvalue weighted by atomic mass is 16.4. The van der Waals surface area contributed by atoms with Crippen molar-refractivity contribution in [1.82, 2.24) is 5.32 Å². The van der Waals surface area contributed by atoms with E-state index in [1.807, 2.05) is 37.3 Å². The summed E-state index contributed by atoms with van der Waals surface area (Å²) in [4.78, 5) is 21.8. The third kappa shape index (κ3) is 5.48. The van der Waals surface area contributed by atoms with Gasteiger partial charge in [-0.15, -0.1) is 0 Å². The van der Waals surface area contributed by atoms with Crippen LogP contribution in [0.1, 0.15) is 37.7 Å². The number of rotatable bonds is 7. The van der Waals surface area contributed by atoms with E-state index in [0.29, 0.717) is 13.0 Å². The molecule has 1 aromatic carbocycles. The minimum atomic E-state index is -0.861. The number of carboxylic acids is 1. The smallest absolute Gasteiger partial charge is 0.303 e. The number of hydrogen-bond acceptors (Lipinski definition) is 2. The third-order valence-corrected chi connectivity index (χ3v) is 2.77. The van der Waals surface area contributed by atoms with Gasteiger partial charge in [-0.2, -0.15) is 0 Å². The maximum atomic E-state index is 11.5. The van der Waals surface area contributed by atoms with Gasteiger partial charge in [0.2, 0.25) is 5.91 Å². The standard InChI is InChI=1S/C14H19NO3/c1-11(12-6-3-2-4-7-12)10-15-13(16)8-5-9-14(17)18/h2-4,6-7,11H,5,8-10H2,1H3,(H,15,16)(H,17,18)/t11-/m0/s1. The van der Waals surface area contributed by atoms with E-state index < -0.39 is 5.97 Å². The number of nitrogens with one attached hydrogen (secondary N) is 1. The Morgan fingerprint density at radius 1 is 1.22 bits per heavy atom. The molecule has 0 aliphatic rings. The first kappa shape index (κ1) is 14.2. The van der Waals surface area contributed by atoms with Crippen molar-refractivity contribution in [2.45, 2.75) is 32.1 Å². The zero-order valence-electron chi connectivity index (χ0n) is 10.6. The summed E-state index contributed by atoms with van der Waals surface area (Å²) in [5, 5.41) is 11.3. The molecular weight excluding hydrogens is 230 g/mol. The molecule has 18 heavy (non-hydrogen) atoms. The number of carbonyl (C=O) groups is 2. The van der Waals surface area contributed by atoms with Crippen LogP contribution in [0.3, 0.4) is 0 Å². The van der Waals surface area contributed by atoms with Gasteiger partial charge in [0.15, 0.2) is 0 Å². The van der Waals surface area contributed by atoms with Crippen LogP contribution in [-0.2, 0) is 9.59 Å². The molecule has 1 rings (SSSR count). The van der Waals surface area contributed by atoms with Crippen molar-refractivity contribution in [3.8, 4) is 0 Å². The van der Waals surface area contributed by atoms with Gasteiger partial charge >= 0.3 is 5.97 Å². The van der Waals surface area contributed by atoms with Gasteiger partial charge in [0.05, 0.1) is 0 Å². The largest absolute Gasteiger partial charge is 0.481 e. The van der Waals surface area contributed by atoms with E-state index in [4.69, 9.17) is 5.11 Å². The summed E-state index contributed by atoms with van der Waals surface area (Å²) in [5.41, 5.74) is 1.18. The second-order valence-corrected chi connectivity index (χ2v) is 4.36. The predicted molar refractivity (Wildman–Crippen MR) is 69.4 cm³/mol. The van der Waals surface area contributed by atoms with Crippen molar-refractivity contribution in [2.24, 2.45) is 0 Å². The third-order valence-electron chi connectivity index (χ3n) is 2.77. The number of amides is 1. The lowest BCUT2D eigenvalue weighted by Crippen LogP contribution is -2.27. The lowest BCUT2D eigenvalue weighted by molar-refractivity contribution is -0.137. The fraction of sp³-hybridized carbons (Fsp3) is 0.429. The van der Waals surface area contributed by atoms with Gasteiger partial charge in [-0.05, 0) is 17.9 Å². The number of benzene rings is 1. The molecule has 0 fully saturated rings. The summed E-state index contributed by atoms with van der Waals surface area (Å²) in [6.07, 6.45) is 0.705. The quantitative estimate of drug-likeness (QED) is 0.778. The summed E-state index contributed by atoms with van der Waals surface area (Å²) in [6, 6.07) is 9.96. The van der Waals surface area contributed by atoms with E-state index in [1.165, 1.54) is 5.56 Å². The Bertz CT molecular complexity index is 389.